The summed E-state index contributed by atoms with van der Waals surface area (Å²) in [4.78, 5) is 25.1. The molecule has 0 saturated heterocycles. The largest absolute Gasteiger partial charge is 0.495 e. The van der Waals surface area contributed by atoms with Gasteiger partial charge in [-0.3, -0.25) is 4.79 Å². The zero-order chi connectivity index (χ0) is 20.3. The summed E-state index contributed by atoms with van der Waals surface area (Å²) in [5.41, 5.74) is 3.60. The molecule has 0 bridgehead atoms. The number of nitrogens with one attached hydrogen (secondary N) is 3. The molecule has 1 atom stereocenters. The number of para-hydroxylation sites is 2. The molecule has 146 valence electrons. The average molecular weight is 379 g/mol. The highest BCUT2D eigenvalue weighted by molar-refractivity contribution is 6.07. The van der Waals surface area contributed by atoms with Crippen molar-refractivity contribution in [2.45, 2.75) is 32.7 Å². The van der Waals surface area contributed by atoms with Crippen LogP contribution in [0.25, 0.3) is 0 Å². The maximum atomic E-state index is 13.1. The van der Waals surface area contributed by atoms with Gasteiger partial charge in [0.25, 0.3) is 5.91 Å². The van der Waals surface area contributed by atoms with Gasteiger partial charge >= 0.3 is 6.03 Å². The molecule has 1 heterocycles. The summed E-state index contributed by atoms with van der Waals surface area (Å²) in [5.74, 6) is 0.675. The van der Waals surface area contributed by atoms with Crippen LogP contribution in [0.2, 0.25) is 0 Å². The van der Waals surface area contributed by atoms with Crippen LogP contribution < -0.4 is 20.7 Å². The van der Waals surface area contributed by atoms with E-state index >= 15 is 0 Å². The van der Waals surface area contributed by atoms with E-state index in [1.165, 1.54) is 5.56 Å². The molecule has 0 aromatic heterocycles. The smallest absolute Gasteiger partial charge is 0.319 e. The molecule has 6 heteroatoms. The molecule has 28 heavy (non-hydrogen) atoms. The van der Waals surface area contributed by atoms with Crippen molar-refractivity contribution in [3.63, 3.8) is 0 Å². The van der Waals surface area contributed by atoms with Gasteiger partial charge in [-0.2, -0.15) is 0 Å². The van der Waals surface area contributed by atoms with E-state index in [9.17, 15) is 9.59 Å². The number of anilines is 1. The maximum absolute atomic E-state index is 13.1. The Bertz CT molecular complexity index is 917. The number of hydrogen-bond acceptors (Lipinski definition) is 3. The Labute approximate surface area is 165 Å². The van der Waals surface area contributed by atoms with Crippen LogP contribution in [0.15, 0.2) is 59.8 Å². The van der Waals surface area contributed by atoms with Crippen LogP contribution in [0.4, 0.5) is 10.5 Å². The second-order valence-electron chi connectivity index (χ2n) is 7.05. The number of carbonyl (C=O) groups excluding carboxylic acids is 2. The molecule has 2 aromatic rings. The first-order chi connectivity index (χ1) is 13.4. The molecule has 0 saturated carbocycles. The van der Waals surface area contributed by atoms with Gasteiger partial charge < -0.3 is 20.7 Å². The highest BCUT2D eigenvalue weighted by Gasteiger charge is 2.31. The number of ether oxygens (including phenoxy) is 1. The molecule has 3 rings (SSSR count). The molecule has 0 radical (unpaired) electrons. The Balaban J connectivity index is 1.94. The lowest BCUT2D eigenvalue weighted by Crippen LogP contribution is -2.46. The lowest BCUT2D eigenvalue weighted by Gasteiger charge is -2.29. The molecule has 0 aliphatic carbocycles. The molecule has 0 fully saturated rings. The predicted molar refractivity (Wildman–Crippen MR) is 109 cm³/mol. The van der Waals surface area contributed by atoms with Crippen LogP contribution >= 0.6 is 0 Å². The van der Waals surface area contributed by atoms with Crippen molar-refractivity contribution >= 4 is 17.6 Å². The van der Waals surface area contributed by atoms with Crippen molar-refractivity contribution in [2.75, 3.05) is 12.4 Å². The lowest BCUT2D eigenvalue weighted by atomic mass is 9.92. The van der Waals surface area contributed by atoms with Gasteiger partial charge in [0, 0.05) is 5.70 Å². The average Bonchev–Trinajstić information content (AvgIpc) is 2.67. The Morgan fingerprint density at radius 2 is 1.79 bits per heavy atom. The van der Waals surface area contributed by atoms with Crippen LogP contribution in [-0.4, -0.2) is 19.0 Å². The van der Waals surface area contributed by atoms with Crippen molar-refractivity contribution in [1.82, 2.24) is 10.6 Å². The third-order valence-electron chi connectivity index (χ3n) is 4.81. The number of allylic oxidation sites excluding steroid dienone is 1. The number of urea groups is 1. The first kappa shape index (κ1) is 19.5. The molecular weight excluding hydrogens is 354 g/mol. The highest BCUT2D eigenvalue weighted by Crippen LogP contribution is 2.30. The number of carbonyl (C=O) groups is 2. The standard InChI is InChI=1S/C22H25N3O3/c1-13(2)15-9-11-16(12-10-15)20-19(14(3)23-22(27)25-20)21(26)24-17-7-5-6-8-18(17)28-4/h5-13,20H,1-4H3,(H,24,26)(H2,23,25,27). The maximum Gasteiger partial charge on any atom is 0.319 e. The van der Waals surface area contributed by atoms with Gasteiger partial charge in [-0.05, 0) is 36.1 Å². The molecule has 6 nitrogen and oxygen atoms in total. The number of amides is 3. The van der Waals surface area contributed by atoms with Crippen LogP contribution in [0.3, 0.4) is 0 Å². The molecule has 1 unspecified atom stereocenters. The topological polar surface area (TPSA) is 79.5 Å². The van der Waals surface area contributed by atoms with E-state index in [0.717, 1.165) is 5.56 Å². The molecule has 1 aliphatic rings. The van der Waals surface area contributed by atoms with E-state index in [4.69, 9.17) is 4.74 Å². The molecular formula is C22H25N3O3. The van der Waals surface area contributed by atoms with E-state index in [2.05, 4.69) is 29.8 Å². The molecule has 2 aromatic carbocycles. The van der Waals surface area contributed by atoms with Crippen molar-refractivity contribution in [3.8, 4) is 5.75 Å². The van der Waals surface area contributed by atoms with Gasteiger partial charge in [-0.15, -0.1) is 0 Å². The van der Waals surface area contributed by atoms with Gasteiger partial charge in [0.15, 0.2) is 0 Å². The van der Waals surface area contributed by atoms with Gasteiger partial charge in [0.05, 0.1) is 24.4 Å². The van der Waals surface area contributed by atoms with E-state index in [-0.39, 0.29) is 11.9 Å². The van der Waals surface area contributed by atoms with Crippen LogP contribution in [0.1, 0.15) is 43.9 Å². The van der Waals surface area contributed by atoms with Gasteiger partial charge in [0.2, 0.25) is 0 Å². The van der Waals surface area contributed by atoms with Gasteiger partial charge in [-0.1, -0.05) is 50.2 Å². The highest BCUT2D eigenvalue weighted by atomic mass is 16.5. The van der Waals surface area contributed by atoms with Gasteiger partial charge in [0.1, 0.15) is 5.75 Å². The second-order valence-corrected chi connectivity index (χ2v) is 7.05. The van der Waals surface area contributed by atoms with E-state index in [1.54, 1.807) is 26.2 Å². The summed E-state index contributed by atoms with van der Waals surface area (Å²) < 4.78 is 5.31. The minimum atomic E-state index is -0.537. The van der Waals surface area contributed by atoms with Gasteiger partial charge in [-0.25, -0.2) is 4.79 Å². The Morgan fingerprint density at radius 3 is 2.43 bits per heavy atom. The molecule has 3 amide bonds. The summed E-state index contributed by atoms with van der Waals surface area (Å²) in [6, 6.07) is 14.3. The Morgan fingerprint density at radius 1 is 1.11 bits per heavy atom. The number of rotatable bonds is 5. The first-order valence-corrected chi connectivity index (χ1v) is 9.23. The summed E-state index contributed by atoms with van der Waals surface area (Å²) in [5, 5.41) is 8.44. The van der Waals surface area contributed by atoms with Crippen molar-refractivity contribution in [1.29, 1.82) is 0 Å². The summed E-state index contributed by atoms with van der Waals surface area (Å²) in [7, 11) is 1.55. The summed E-state index contributed by atoms with van der Waals surface area (Å²) in [6.07, 6.45) is 0. The molecule has 1 aliphatic heterocycles. The number of hydrogen-bond donors (Lipinski definition) is 3. The fourth-order valence-electron chi connectivity index (χ4n) is 3.26. The minimum Gasteiger partial charge on any atom is -0.495 e. The Hall–Kier alpha value is -3.28. The minimum absolute atomic E-state index is 0.299. The number of methoxy groups -OCH3 is 1. The van der Waals surface area contributed by atoms with Crippen molar-refractivity contribution in [2.24, 2.45) is 0 Å². The molecule has 3 N–H and O–H groups in total. The monoisotopic (exact) mass is 379 g/mol. The normalized spacial score (nSPS) is 16.5. The predicted octanol–water partition coefficient (Wildman–Crippen LogP) is 4.09. The fourth-order valence-corrected chi connectivity index (χ4v) is 3.26. The zero-order valence-corrected chi connectivity index (χ0v) is 16.5. The second kappa shape index (κ2) is 8.17. The summed E-state index contributed by atoms with van der Waals surface area (Å²) in [6.45, 7) is 5.97. The van der Waals surface area contributed by atoms with Crippen molar-refractivity contribution < 1.29 is 14.3 Å². The first-order valence-electron chi connectivity index (χ1n) is 9.23. The lowest BCUT2D eigenvalue weighted by molar-refractivity contribution is -0.113. The van der Waals surface area contributed by atoms with Crippen LogP contribution in [0.5, 0.6) is 5.75 Å². The quantitative estimate of drug-likeness (QED) is 0.732. The van der Waals surface area contributed by atoms with Crippen molar-refractivity contribution in [3.05, 3.63) is 70.9 Å². The summed E-state index contributed by atoms with van der Waals surface area (Å²) >= 11 is 0. The fraction of sp³-hybridized carbons (Fsp3) is 0.273. The SMILES string of the molecule is COc1ccccc1NC(=O)C1=C(C)NC(=O)NC1c1ccc(C(C)C)cc1. The van der Waals surface area contributed by atoms with Crippen LogP contribution in [-0.2, 0) is 4.79 Å². The third-order valence-corrected chi connectivity index (χ3v) is 4.81. The van der Waals surface area contributed by atoms with E-state index in [1.807, 2.05) is 36.4 Å². The third kappa shape index (κ3) is 4.01. The zero-order valence-electron chi connectivity index (χ0n) is 16.5. The van der Waals surface area contributed by atoms with Crippen LogP contribution in [0, 0.1) is 0 Å². The number of benzene rings is 2. The Kier molecular flexibility index (Phi) is 5.68. The van der Waals surface area contributed by atoms with E-state index < -0.39 is 6.04 Å². The van der Waals surface area contributed by atoms with E-state index in [0.29, 0.717) is 28.6 Å². The molecule has 0 spiro atoms.